The minimum absolute atomic E-state index is 0.247. The van der Waals surface area contributed by atoms with Crippen LogP contribution in [0.2, 0.25) is 0 Å². The molecule has 3 heteroatoms. The number of benzene rings is 1. The van der Waals surface area contributed by atoms with Crippen LogP contribution in [-0.2, 0) is 0 Å². The highest BCUT2D eigenvalue weighted by molar-refractivity contribution is 7.99. The number of thioether (sulfide) groups is 1. The second-order valence-electron chi connectivity index (χ2n) is 3.19. The predicted molar refractivity (Wildman–Crippen MR) is 64.9 cm³/mol. The molecule has 1 aromatic carbocycles. The molecule has 1 atom stereocenters. The monoisotopic (exact) mass is 226 g/mol. The molecular formula is C13H10N2S. The van der Waals surface area contributed by atoms with Crippen molar-refractivity contribution in [1.82, 2.24) is 4.98 Å². The molecule has 0 aliphatic rings. The average molecular weight is 226 g/mol. The maximum absolute atomic E-state index is 9.13. The average Bonchev–Trinajstić information content (AvgIpc) is 2.38. The number of aromatic nitrogens is 1. The maximum Gasteiger partial charge on any atom is 0.138 e. The van der Waals surface area contributed by atoms with Gasteiger partial charge in [-0.25, -0.2) is 0 Å². The molecule has 1 heterocycles. The van der Waals surface area contributed by atoms with Crippen LogP contribution in [0.5, 0.6) is 0 Å². The van der Waals surface area contributed by atoms with E-state index < -0.39 is 0 Å². The first-order valence-corrected chi connectivity index (χ1v) is 5.80. The number of nitrogens with zero attached hydrogens (tertiary/aromatic N) is 2. The van der Waals surface area contributed by atoms with Gasteiger partial charge in [-0.2, -0.15) is 5.26 Å². The van der Waals surface area contributed by atoms with Gasteiger partial charge in [-0.3, -0.25) is 4.98 Å². The fraction of sp³-hybridized carbons (Fsp3) is 0.0769. The van der Waals surface area contributed by atoms with Crippen LogP contribution in [0.15, 0.2) is 59.6 Å². The number of pyridine rings is 1. The lowest BCUT2D eigenvalue weighted by atomic mass is 10.3. The van der Waals surface area contributed by atoms with Gasteiger partial charge >= 0.3 is 0 Å². The van der Waals surface area contributed by atoms with E-state index in [2.05, 4.69) is 11.1 Å². The van der Waals surface area contributed by atoms with Crippen molar-refractivity contribution in [1.29, 1.82) is 5.26 Å². The second-order valence-corrected chi connectivity index (χ2v) is 4.37. The van der Waals surface area contributed by atoms with Gasteiger partial charge in [0.15, 0.2) is 0 Å². The maximum atomic E-state index is 9.13. The van der Waals surface area contributed by atoms with Gasteiger partial charge in [-0.1, -0.05) is 24.3 Å². The third-order valence-electron chi connectivity index (χ3n) is 2.07. The Kier molecular flexibility index (Phi) is 3.58. The molecule has 0 saturated carbocycles. The van der Waals surface area contributed by atoms with Crippen LogP contribution in [0.1, 0.15) is 10.9 Å². The Morgan fingerprint density at radius 2 is 1.81 bits per heavy atom. The number of rotatable bonds is 3. The van der Waals surface area contributed by atoms with Crippen molar-refractivity contribution < 1.29 is 0 Å². The highest BCUT2D eigenvalue weighted by Gasteiger charge is 2.12. The van der Waals surface area contributed by atoms with E-state index in [0.717, 1.165) is 10.6 Å². The lowest BCUT2D eigenvalue weighted by Gasteiger charge is -2.07. The molecule has 78 valence electrons. The van der Waals surface area contributed by atoms with Gasteiger partial charge in [0, 0.05) is 11.1 Å². The van der Waals surface area contributed by atoms with Crippen molar-refractivity contribution in [3.8, 4) is 6.07 Å². The summed E-state index contributed by atoms with van der Waals surface area (Å²) in [7, 11) is 0. The van der Waals surface area contributed by atoms with Crippen molar-refractivity contribution in [3.63, 3.8) is 0 Å². The quantitative estimate of drug-likeness (QED) is 0.752. The Morgan fingerprint density at radius 3 is 2.44 bits per heavy atom. The van der Waals surface area contributed by atoms with Crippen LogP contribution in [0.4, 0.5) is 0 Å². The molecule has 0 aliphatic heterocycles. The van der Waals surface area contributed by atoms with Crippen molar-refractivity contribution in [3.05, 3.63) is 60.4 Å². The normalized spacial score (nSPS) is 11.7. The fourth-order valence-corrected chi connectivity index (χ4v) is 2.22. The second kappa shape index (κ2) is 5.34. The molecule has 2 aromatic rings. The topological polar surface area (TPSA) is 36.7 Å². The predicted octanol–water partition coefficient (Wildman–Crippen LogP) is 3.44. The molecule has 0 bridgehead atoms. The summed E-state index contributed by atoms with van der Waals surface area (Å²) in [6.07, 6.45) is 1.71. The first-order chi connectivity index (χ1) is 7.90. The minimum Gasteiger partial charge on any atom is -0.259 e. The highest BCUT2D eigenvalue weighted by atomic mass is 32.2. The first-order valence-electron chi connectivity index (χ1n) is 4.92. The van der Waals surface area contributed by atoms with Gasteiger partial charge in [0.2, 0.25) is 0 Å². The number of hydrogen-bond donors (Lipinski definition) is 0. The molecule has 0 spiro atoms. The SMILES string of the molecule is N#CC(Sc1ccccc1)c1ccccn1. The standard InChI is InChI=1S/C13H10N2S/c14-10-13(12-8-4-5-9-15-12)16-11-6-2-1-3-7-11/h1-9,13H. The molecule has 1 unspecified atom stereocenters. The first kappa shape index (κ1) is 10.7. The highest BCUT2D eigenvalue weighted by Crippen LogP contribution is 2.33. The Bertz CT molecular complexity index is 476. The Hall–Kier alpha value is -1.79. The van der Waals surface area contributed by atoms with Crippen molar-refractivity contribution >= 4 is 11.8 Å². The van der Waals surface area contributed by atoms with Crippen LogP contribution in [0.25, 0.3) is 0 Å². The van der Waals surface area contributed by atoms with Crippen LogP contribution in [-0.4, -0.2) is 4.98 Å². The van der Waals surface area contributed by atoms with Crippen LogP contribution in [0.3, 0.4) is 0 Å². The summed E-state index contributed by atoms with van der Waals surface area (Å²) in [4.78, 5) is 5.29. The van der Waals surface area contributed by atoms with Gasteiger partial charge in [0.05, 0.1) is 11.8 Å². The molecular weight excluding hydrogens is 216 g/mol. The lowest BCUT2D eigenvalue weighted by Crippen LogP contribution is -1.93. The minimum atomic E-state index is -0.247. The molecule has 0 N–H and O–H groups in total. The van der Waals surface area contributed by atoms with E-state index >= 15 is 0 Å². The van der Waals surface area contributed by atoms with E-state index in [4.69, 9.17) is 5.26 Å². The van der Waals surface area contributed by atoms with Gasteiger partial charge in [-0.15, -0.1) is 11.8 Å². The van der Waals surface area contributed by atoms with E-state index in [1.807, 2.05) is 48.5 Å². The summed E-state index contributed by atoms with van der Waals surface area (Å²) in [5.41, 5.74) is 0.804. The third-order valence-corrected chi connectivity index (χ3v) is 3.20. The number of hydrogen-bond acceptors (Lipinski definition) is 3. The molecule has 1 aromatic heterocycles. The van der Waals surface area contributed by atoms with Gasteiger partial charge in [0.25, 0.3) is 0 Å². The summed E-state index contributed by atoms with van der Waals surface area (Å²) in [6.45, 7) is 0. The molecule has 0 radical (unpaired) electrons. The largest absolute Gasteiger partial charge is 0.259 e. The van der Waals surface area contributed by atoms with Crippen LogP contribution >= 0.6 is 11.8 Å². The summed E-state index contributed by atoms with van der Waals surface area (Å²) >= 11 is 1.52. The zero-order valence-corrected chi connectivity index (χ0v) is 9.39. The Labute approximate surface area is 99.0 Å². The summed E-state index contributed by atoms with van der Waals surface area (Å²) in [5, 5.41) is 8.88. The zero-order valence-electron chi connectivity index (χ0n) is 8.58. The van der Waals surface area contributed by atoms with E-state index in [1.54, 1.807) is 6.20 Å². The smallest absolute Gasteiger partial charge is 0.138 e. The zero-order chi connectivity index (χ0) is 11.2. The molecule has 2 nitrogen and oxygen atoms in total. The van der Waals surface area contributed by atoms with E-state index in [1.165, 1.54) is 11.8 Å². The molecule has 0 saturated heterocycles. The van der Waals surface area contributed by atoms with E-state index in [0.29, 0.717) is 0 Å². The van der Waals surface area contributed by atoms with Gasteiger partial charge in [-0.05, 0) is 24.3 Å². The van der Waals surface area contributed by atoms with Crippen LogP contribution in [0, 0.1) is 11.3 Å². The summed E-state index contributed by atoms with van der Waals surface area (Å²) in [6, 6.07) is 17.8. The Balaban J connectivity index is 2.17. The van der Waals surface area contributed by atoms with E-state index in [-0.39, 0.29) is 5.25 Å². The van der Waals surface area contributed by atoms with Gasteiger partial charge < -0.3 is 0 Å². The van der Waals surface area contributed by atoms with Crippen molar-refractivity contribution in [2.24, 2.45) is 0 Å². The molecule has 2 rings (SSSR count). The Morgan fingerprint density at radius 1 is 1.06 bits per heavy atom. The van der Waals surface area contributed by atoms with Crippen molar-refractivity contribution in [2.45, 2.75) is 10.1 Å². The van der Waals surface area contributed by atoms with E-state index in [9.17, 15) is 0 Å². The van der Waals surface area contributed by atoms with Crippen LogP contribution < -0.4 is 0 Å². The third kappa shape index (κ3) is 2.62. The molecule has 0 aliphatic carbocycles. The molecule has 0 fully saturated rings. The molecule has 16 heavy (non-hydrogen) atoms. The summed E-state index contributed by atoms with van der Waals surface area (Å²) < 4.78 is 0. The lowest BCUT2D eigenvalue weighted by molar-refractivity contribution is 1.09. The van der Waals surface area contributed by atoms with Crippen molar-refractivity contribution in [2.75, 3.05) is 0 Å². The summed E-state index contributed by atoms with van der Waals surface area (Å²) in [5.74, 6) is 0. The fourth-order valence-electron chi connectivity index (χ4n) is 1.32. The molecule has 0 amide bonds. The number of nitriles is 1. The van der Waals surface area contributed by atoms with Gasteiger partial charge in [0.1, 0.15) is 5.25 Å².